The molecule has 0 saturated carbocycles. The summed E-state index contributed by atoms with van der Waals surface area (Å²) in [7, 11) is 4.19. The average molecular weight is 277 g/mol. The minimum absolute atomic E-state index is 0.0398. The SMILES string of the molecule is CC1C(=O)N2CC(N(C)C)CC2CN1Cc1ccoc1. The van der Waals surface area contributed by atoms with Gasteiger partial charge in [-0.1, -0.05) is 0 Å². The fourth-order valence-corrected chi connectivity index (χ4v) is 3.35. The van der Waals surface area contributed by atoms with Crippen LogP contribution in [0, 0.1) is 0 Å². The molecular formula is C15H23N3O2. The summed E-state index contributed by atoms with van der Waals surface area (Å²) in [5, 5.41) is 0. The first kappa shape index (κ1) is 13.6. The van der Waals surface area contributed by atoms with E-state index in [9.17, 15) is 4.79 Å². The van der Waals surface area contributed by atoms with E-state index in [1.165, 1.54) is 0 Å². The lowest BCUT2D eigenvalue weighted by Gasteiger charge is -2.41. The van der Waals surface area contributed by atoms with Crippen molar-refractivity contribution in [2.24, 2.45) is 0 Å². The molecule has 1 aromatic rings. The standard InChI is InChI=1S/C15H23N3O2/c1-11-15(19)18-9-13(16(2)3)6-14(18)8-17(11)7-12-4-5-20-10-12/h4-5,10-11,13-14H,6-9H2,1-3H3. The second kappa shape index (κ2) is 5.22. The Morgan fingerprint density at radius 3 is 2.85 bits per heavy atom. The van der Waals surface area contributed by atoms with Crippen molar-refractivity contribution in [3.05, 3.63) is 24.2 Å². The first-order valence-corrected chi connectivity index (χ1v) is 7.28. The van der Waals surface area contributed by atoms with Crippen LogP contribution in [0.5, 0.6) is 0 Å². The number of furan rings is 1. The van der Waals surface area contributed by atoms with Crippen LogP contribution in [0.1, 0.15) is 18.9 Å². The summed E-state index contributed by atoms with van der Waals surface area (Å²) in [5.74, 6) is 0.272. The Morgan fingerprint density at radius 2 is 2.20 bits per heavy atom. The predicted octanol–water partition coefficient (Wildman–Crippen LogP) is 1.01. The number of hydrogen-bond acceptors (Lipinski definition) is 4. The fraction of sp³-hybridized carbons (Fsp3) is 0.667. The summed E-state index contributed by atoms with van der Waals surface area (Å²) in [6, 6.07) is 2.78. The smallest absolute Gasteiger partial charge is 0.240 e. The fourth-order valence-electron chi connectivity index (χ4n) is 3.35. The van der Waals surface area contributed by atoms with E-state index in [4.69, 9.17) is 4.42 Å². The van der Waals surface area contributed by atoms with Gasteiger partial charge in [0.05, 0.1) is 18.6 Å². The molecule has 5 heteroatoms. The number of hydrogen-bond donors (Lipinski definition) is 0. The molecule has 2 aliphatic heterocycles. The lowest BCUT2D eigenvalue weighted by atomic mass is 10.1. The van der Waals surface area contributed by atoms with Crippen molar-refractivity contribution >= 4 is 5.91 Å². The molecular weight excluding hydrogens is 254 g/mol. The molecule has 0 bridgehead atoms. The van der Waals surface area contributed by atoms with Gasteiger partial charge < -0.3 is 14.2 Å². The van der Waals surface area contributed by atoms with Crippen molar-refractivity contribution in [3.63, 3.8) is 0 Å². The van der Waals surface area contributed by atoms with Crippen LogP contribution in [0.25, 0.3) is 0 Å². The van der Waals surface area contributed by atoms with Gasteiger partial charge in [-0.2, -0.15) is 0 Å². The number of rotatable bonds is 3. The Labute approximate surface area is 120 Å². The lowest BCUT2D eigenvalue weighted by Crippen LogP contribution is -2.58. The monoisotopic (exact) mass is 277 g/mol. The van der Waals surface area contributed by atoms with Gasteiger partial charge in [0.2, 0.25) is 5.91 Å². The van der Waals surface area contributed by atoms with Gasteiger partial charge in [0.15, 0.2) is 0 Å². The van der Waals surface area contributed by atoms with E-state index in [1.54, 1.807) is 12.5 Å². The number of fused-ring (bicyclic) bond motifs is 1. The Balaban J connectivity index is 1.72. The summed E-state index contributed by atoms with van der Waals surface area (Å²) in [4.78, 5) is 19.1. The van der Waals surface area contributed by atoms with Crippen LogP contribution in [0.4, 0.5) is 0 Å². The van der Waals surface area contributed by atoms with Crippen LogP contribution in [0.2, 0.25) is 0 Å². The minimum atomic E-state index is -0.0398. The second-order valence-corrected chi connectivity index (χ2v) is 6.23. The molecule has 3 unspecified atom stereocenters. The normalized spacial score (nSPS) is 31.1. The Kier molecular flexibility index (Phi) is 3.56. The van der Waals surface area contributed by atoms with Gasteiger partial charge >= 0.3 is 0 Å². The first-order valence-electron chi connectivity index (χ1n) is 7.28. The third-order valence-corrected chi connectivity index (χ3v) is 4.72. The van der Waals surface area contributed by atoms with E-state index >= 15 is 0 Å². The van der Waals surface area contributed by atoms with E-state index in [0.717, 1.165) is 31.6 Å². The molecule has 0 aliphatic carbocycles. The summed E-state index contributed by atoms with van der Waals surface area (Å²) < 4.78 is 5.12. The Bertz CT molecular complexity index is 471. The highest BCUT2D eigenvalue weighted by atomic mass is 16.3. The van der Waals surface area contributed by atoms with Gasteiger partial charge in [-0.25, -0.2) is 0 Å². The van der Waals surface area contributed by atoms with Crippen molar-refractivity contribution in [3.8, 4) is 0 Å². The van der Waals surface area contributed by atoms with Gasteiger partial charge in [-0.15, -0.1) is 0 Å². The maximum Gasteiger partial charge on any atom is 0.240 e. The second-order valence-electron chi connectivity index (χ2n) is 6.23. The van der Waals surface area contributed by atoms with Crippen LogP contribution >= 0.6 is 0 Å². The van der Waals surface area contributed by atoms with Crippen LogP contribution in [0.3, 0.4) is 0 Å². The quantitative estimate of drug-likeness (QED) is 0.827. The average Bonchev–Trinajstić information content (AvgIpc) is 3.04. The molecule has 1 amide bonds. The molecule has 3 rings (SSSR count). The minimum Gasteiger partial charge on any atom is -0.472 e. The van der Waals surface area contributed by atoms with Crippen LogP contribution < -0.4 is 0 Å². The molecule has 0 radical (unpaired) electrons. The highest BCUT2D eigenvalue weighted by molar-refractivity contribution is 5.83. The molecule has 2 saturated heterocycles. The van der Waals surface area contributed by atoms with E-state index in [0.29, 0.717) is 12.1 Å². The topological polar surface area (TPSA) is 39.9 Å². The predicted molar refractivity (Wildman–Crippen MR) is 76.2 cm³/mol. The Morgan fingerprint density at radius 1 is 1.40 bits per heavy atom. The number of carbonyl (C=O) groups is 1. The molecule has 5 nitrogen and oxygen atoms in total. The molecule has 0 N–H and O–H groups in total. The third-order valence-electron chi connectivity index (χ3n) is 4.72. The van der Waals surface area contributed by atoms with Gasteiger partial charge in [0.1, 0.15) is 0 Å². The van der Waals surface area contributed by atoms with Crippen LogP contribution in [-0.2, 0) is 11.3 Å². The molecule has 2 aliphatic rings. The van der Waals surface area contributed by atoms with Crippen molar-refractivity contribution in [1.82, 2.24) is 14.7 Å². The zero-order chi connectivity index (χ0) is 14.3. The number of carbonyl (C=O) groups excluding carboxylic acids is 1. The summed E-state index contributed by atoms with van der Waals surface area (Å²) >= 11 is 0. The van der Waals surface area contributed by atoms with Gasteiger partial charge in [-0.05, 0) is 33.5 Å². The zero-order valence-corrected chi connectivity index (χ0v) is 12.5. The third kappa shape index (κ3) is 2.36. The highest BCUT2D eigenvalue weighted by Gasteiger charge is 2.44. The van der Waals surface area contributed by atoms with Crippen LogP contribution in [-0.4, -0.2) is 65.9 Å². The van der Waals surface area contributed by atoms with E-state index in [2.05, 4.69) is 28.8 Å². The van der Waals surface area contributed by atoms with E-state index in [1.807, 2.05) is 13.0 Å². The number of likely N-dealkylation sites (N-methyl/N-ethyl adjacent to an activating group) is 1. The maximum absolute atomic E-state index is 12.6. The largest absolute Gasteiger partial charge is 0.472 e. The molecule has 1 aromatic heterocycles. The van der Waals surface area contributed by atoms with E-state index in [-0.39, 0.29) is 11.9 Å². The van der Waals surface area contributed by atoms with Crippen molar-refractivity contribution in [2.75, 3.05) is 27.2 Å². The van der Waals surface area contributed by atoms with E-state index < -0.39 is 0 Å². The summed E-state index contributed by atoms with van der Waals surface area (Å²) in [6.07, 6.45) is 4.53. The number of piperazine rings is 1. The molecule has 0 aromatic carbocycles. The first-order chi connectivity index (χ1) is 9.56. The number of nitrogens with zero attached hydrogens (tertiary/aromatic N) is 3. The Hall–Kier alpha value is -1.33. The van der Waals surface area contributed by atoms with Crippen molar-refractivity contribution in [2.45, 2.75) is 38.0 Å². The number of amides is 1. The van der Waals surface area contributed by atoms with Gasteiger partial charge in [0, 0.05) is 37.3 Å². The van der Waals surface area contributed by atoms with Crippen LogP contribution in [0.15, 0.2) is 23.0 Å². The molecule has 110 valence electrons. The molecule has 0 spiro atoms. The summed E-state index contributed by atoms with van der Waals surface area (Å²) in [5.41, 5.74) is 1.14. The van der Waals surface area contributed by atoms with Gasteiger partial charge in [0.25, 0.3) is 0 Å². The van der Waals surface area contributed by atoms with Gasteiger partial charge in [-0.3, -0.25) is 9.69 Å². The molecule has 3 atom stereocenters. The maximum atomic E-state index is 12.6. The molecule has 2 fully saturated rings. The molecule has 3 heterocycles. The van der Waals surface area contributed by atoms with Crippen molar-refractivity contribution in [1.29, 1.82) is 0 Å². The zero-order valence-electron chi connectivity index (χ0n) is 12.5. The molecule has 20 heavy (non-hydrogen) atoms. The lowest BCUT2D eigenvalue weighted by molar-refractivity contribution is -0.143. The van der Waals surface area contributed by atoms with Crippen molar-refractivity contribution < 1.29 is 9.21 Å². The highest BCUT2D eigenvalue weighted by Crippen LogP contribution is 2.28. The summed E-state index contributed by atoms with van der Waals surface area (Å²) in [6.45, 7) is 4.64.